The van der Waals surface area contributed by atoms with Gasteiger partial charge in [-0.1, -0.05) is 18.2 Å². The van der Waals surface area contributed by atoms with Crippen LogP contribution in [0.5, 0.6) is 5.75 Å². The van der Waals surface area contributed by atoms with Crippen LogP contribution in [-0.2, 0) is 10.0 Å². The monoisotopic (exact) mass is 289 g/mol. The van der Waals surface area contributed by atoms with Crippen molar-refractivity contribution < 1.29 is 13.2 Å². The highest BCUT2D eigenvalue weighted by Crippen LogP contribution is 2.13. The number of hydrogen-bond donors (Lipinski definition) is 0. The van der Waals surface area contributed by atoms with Gasteiger partial charge in [0.1, 0.15) is 5.75 Å². The summed E-state index contributed by atoms with van der Waals surface area (Å²) in [5.74, 6) is 0.746. The van der Waals surface area contributed by atoms with E-state index in [4.69, 9.17) is 4.74 Å². The van der Waals surface area contributed by atoms with E-state index in [-0.39, 0.29) is 4.90 Å². The topological polar surface area (TPSA) is 55.7 Å². The fourth-order valence-corrected chi connectivity index (χ4v) is 2.48. The second-order valence-corrected chi connectivity index (χ2v) is 5.66. The smallest absolute Gasteiger partial charge is 0.282 e. The molecule has 0 spiro atoms. The quantitative estimate of drug-likeness (QED) is 0.795. The lowest BCUT2D eigenvalue weighted by molar-refractivity contribution is 0.340. The summed E-state index contributed by atoms with van der Waals surface area (Å²) in [6, 6.07) is 15.2. The van der Waals surface area contributed by atoms with Gasteiger partial charge in [0, 0.05) is 6.21 Å². The van der Waals surface area contributed by atoms with E-state index in [0.29, 0.717) is 12.2 Å². The zero-order chi connectivity index (χ0) is 14.4. The van der Waals surface area contributed by atoms with Gasteiger partial charge in [0.2, 0.25) is 0 Å². The average Bonchev–Trinajstić information content (AvgIpc) is 2.48. The van der Waals surface area contributed by atoms with Gasteiger partial charge < -0.3 is 4.74 Å². The van der Waals surface area contributed by atoms with E-state index in [0.717, 1.165) is 5.75 Å². The maximum Gasteiger partial charge on any atom is 0.282 e. The maximum atomic E-state index is 12.0. The first-order chi connectivity index (χ1) is 9.62. The van der Waals surface area contributed by atoms with Crippen LogP contribution >= 0.6 is 0 Å². The SMILES string of the molecule is CCOc1ccc(/C=N\S(=O)(=O)c2ccccc2)cc1. The molecule has 0 unspecified atom stereocenters. The second kappa shape index (κ2) is 6.34. The zero-order valence-corrected chi connectivity index (χ0v) is 11.9. The van der Waals surface area contributed by atoms with E-state index < -0.39 is 10.0 Å². The van der Waals surface area contributed by atoms with Gasteiger partial charge >= 0.3 is 0 Å². The Hall–Kier alpha value is -2.14. The van der Waals surface area contributed by atoms with Crippen LogP contribution in [0.2, 0.25) is 0 Å². The molecule has 0 aliphatic rings. The Balaban J connectivity index is 2.16. The summed E-state index contributed by atoms with van der Waals surface area (Å²) < 4.78 is 32.9. The highest BCUT2D eigenvalue weighted by Gasteiger charge is 2.09. The highest BCUT2D eigenvalue weighted by molar-refractivity contribution is 7.90. The third-order valence-electron chi connectivity index (χ3n) is 2.57. The molecule has 0 N–H and O–H groups in total. The third-order valence-corrected chi connectivity index (χ3v) is 3.82. The fourth-order valence-electron chi connectivity index (χ4n) is 1.60. The van der Waals surface area contributed by atoms with Gasteiger partial charge in [-0.2, -0.15) is 12.8 Å². The lowest BCUT2D eigenvalue weighted by Crippen LogP contribution is -1.97. The van der Waals surface area contributed by atoms with Crippen molar-refractivity contribution in [2.24, 2.45) is 4.40 Å². The van der Waals surface area contributed by atoms with Gasteiger partial charge in [-0.3, -0.25) is 0 Å². The Morgan fingerprint density at radius 2 is 1.70 bits per heavy atom. The molecule has 0 fully saturated rings. The number of rotatable bonds is 5. The van der Waals surface area contributed by atoms with Crippen LogP contribution < -0.4 is 4.74 Å². The first kappa shape index (κ1) is 14.3. The molecule has 2 rings (SSSR count). The number of ether oxygens (including phenoxy) is 1. The van der Waals surface area contributed by atoms with Crippen LogP contribution in [-0.4, -0.2) is 21.2 Å². The molecule has 5 heteroatoms. The van der Waals surface area contributed by atoms with Gasteiger partial charge in [0.15, 0.2) is 0 Å². The molecule has 0 saturated carbocycles. The molecule has 0 aromatic heterocycles. The van der Waals surface area contributed by atoms with Gasteiger partial charge in [-0.05, 0) is 48.9 Å². The van der Waals surface area contributed by atoms with Crippen LogP contribution in [0.4, 0.5) is 0 Å². The average molecular weight is 289 g/mol. The van der Waals surface area contributed by atoms with Crippen molar-refractivity contribution in [1.29, 1.82) is 0 Å². The normalized spacial score (nSPS) is 11.7. The number of hydrogen-bond acceptors (Lipinski definition) is 3. The molecule has 0 atom stereocenters. The van der Waals surface area contributed by atoms with E-state index in [1.807, 2.05) is 6.92 Å². The molecular formula is C15H15NO3S. The summed E-state index contributed by atoms with van der Waals surface area (Å²) in [5, 5.41) is 0. The fraction of sp³-hybridized carbons (Fsp3) is 0.133. The van der Waals surface area contributed by atoms with Crippen LogP contribution in [0.3, 0.4) is 0 Å². The Morgan fingerprint density at radius 1 is 1.05 bits per heavy atom. The van der Waals surface area contributed by atoms with E-state index in [2.05, 4.69) is 4.40 Å². The standard InChI is InChI=1S/C15H15NO3S/c1-2-19-14-10-8-13(9-11-14)12-16-20(17,18)15-6-4-3-5-7-15/h3-12H,2H2,1H3/b16-12-. The molecule has 0 bridgehead atoms. The van der Waals surface area contributed by atoms with Crippen LogP contribution in [0, 0.1) is 0 Å². The number of benzene rings is 2. The van der Waals surface area contributed by atoms with Crippen molar-refractivity contribution in [3.63, 3.8) is 0 Å². The van der Waals surface area contributed by atoms with Crippen LogP contribution in [0.15, 0.2) is 63.9 Å². The molecule has 0 heterocycles. The van der Waals surface area contributed by atoms with Crippen LogP contribution in [0.25, 0.3) is 0 Å². The van der Waals surface area contributed by atoms with Crippen molar-refractivity contribution in [1.82, 2.24) is 0 Å². The Labute approximate surface area is 118 Å². The predicted octanol–water partition coefficient (Wildman–Crippen LogP) is 2.89. The lowest BCUT2D eigenvalue weighted by atomic mass is 10.2. The Morgan fingerprint density at radius 3 is 2.30 bits per heavy atom. The molecule has 0 aliphatic carbocycles. The maximum absolute atomic E-state index is 12.0. The summed E-state index contributed by atoms with van der Waals surface area (Å²) in [7, 11) is -3.64. The number of nitrogens with zero attached hydrogens (tertiary/aromatic N) is 1. The van der Waals surface area contributed by atoms with Crippen molar-refractivity contribution in [3.8, 4) is 5.75 Å². The molecule has 0 radical (unpaired) electrons. The minimum atomic E-state index is -3.64. The molecular weight excluding hydrogens is 274 g/mol. The van der Waals surface area contributed by atoms with Crippen molar-refractivity contribution in [2.45, 2.75) is 11.8 Å². The highest BCUT2D eigenvalue weighted by atomic mass is 32.2. The summed E-state index contributed by atoms with van der Waals surface area (Å²) >= 11 is 0. The molecule has 0 aliphatic heterocycles. The van der Waals surface area contributed by atoms with Gasteiger partial charge in [0.05, 0.1) is 11.5 Å². The van der Waals surface area contributed by atoms with E-state index in [9.17, 15) is 8.42 Å². The molecule has 2 aromatic carbocycles. The lowest BCUT2D eigenvalue weighted by Gasteiger charge is -2.02. The minimum Gasteiger partial charge on any atom is -0.494 e. The second-order valence-electron chi connectivity index (χ2n) is 4.02. The molecule has 4 nitrogen and oxygen atoms in total. The largest absolute Gasteiger partial charge is 0.494 e. The third kappa shape index (κ3) is 3.68. The van der Waals surface area contributed by atoms with E-state index >= 15 is 0 Å². The summed E-state index contributed by atoms with van der Waals surface area (Å²) in [6.07, 6.45) is 1.33. The van der Waals surface area contributed by atoms with Gasteiger partial charge in [-0.25, -0.2) is 0 Å². The molecule has 20 heavy (non-hydrogen) atoms. The first-order valence-corrected chi connectivity index (χ1v) is 7.64. The Kier molecular flexibility index (Phi) is 4.53. The molecule has 0 saturated heterocycles. The number of sulfonamides is 1. The van der Waals surface area contributed by atoms with Crippen LogP contribution in [0.1, 0.15) is 12.5 Å². The predicted molar refractivity (Wildman–Crippen MR) is 78.8 cm³/mol. The summed E-state index contributed by atoms with van der Waals surface area (Å²) in [4.78, 5) is 0.183. The zero-order valence-electron chi connectivity index (χ0n) is 11.1. The van der Waals surface area contributed by atoms with Gasteiger partial charge in [0.25, 0.3) is 10.0 Å². The van der Waals surface area contributed by atoms with Crippen molar-refractivity contribution in [3.05, 3.63) is 60.2 Å². The molecule has 104 valence electrons. The van der Waals surface area contributed by atoms with E-state index in [1.54, 1.807) is 42.5 Å². The molecule has 2 aromatic rings. The van der Waals surface area contributed by atoms with E-state index in [1.165, 1.54) is 18.3 Å². The minimum absolute atomic E-state index is 0.183. The first-order valence-electron chi connectivity index (χ1n) is 6.20. The van der Waals surface area contributed by atoms with Crippen molar-refractivity contribution >= 4 is 16.2 Å². The summed E-state index contributed by atoms with van der Waals surface area (Å²) in [6.45, 7) is 2.50. The van der Waals surface area contributed by atoms with Gasteiger partial charge in [-0.15, -0.1) is 0 Å². The Bertz CT molecular complexity index is 677. The summed E-state index contributed by atoms with van der Waals surface area (Å²) in [5.41, 5.74) is 0.702. The molecule has 0 amide bonds. The van der Waals surface area contributed by atoms with Crippen molar-refractivity contribution in [2.75, 3.05) is 6.61 Å².